The van der Waals surface area contributed by atoms with E-state index in [-0.39, 0.29) is 0 Å². The van der Waals surface area contributed by atoms with Gasteiger partial charge in [-0.3, -0.25) is 5.43 Å². The van der Waals surface area contributed by atoms with Gasteiger partial charge in [-0.2, -0.15) is 0 Å². The Balaban J connectivity index is 2.01. The zero-order chi connectivity index (χ0) is 8.81. The van der Waals surface area contributed by atoms with E-state index in [9.17, 15) is 0 Å². The molecule has 0 unspecified atom stereocenters. The van der Waals surface area contributed by atoms with Crippen molar-refractivity contribution in [2.45, 2.75) is 19.8 Å². The first kappa shape index (κ1) is 9.96. The summed E-state index contributed by atoms with van der Waals surface area (Å²) in [6, 6.07) is 0. The normalized spacial score (nSPS) is 21.5. The number of nitrogens with zero attached hydrogens (tertiary/aromatic N) is 2. The van der Waals surface area contributed by atoms with E-state index in [0.717, 1.165) is 6.54 Å². The maximum absolute atomic E-state index is 3.45. The van der Waals surface area contributed by atoms with Crippen LogP contribution in [0.3, 0.4) is 0 Å². The summed E-state index contributed by atoms with van der Waals surface area (Å²) in [7, 11) is 2.18. The van der Waals surface area contributed by atoms with Crippen LogP contribution in [0.2, 0.25) is 0 Å². The predicted molar refractivity (Wildman–Crippen MR) is 52.0 cm³/mol. The second-order valence-corrected chi connectivity index (χ2v) is 3.55. The van der Waals surface area contributed by atoms with Crippen molar-refractivity contribution in [2.75, 3.05) is 39.8 Å². The van der Waals surface area contributed by atoms with E-state index in [1.54, 1.807) is 0 Å². The molecule has 72 valence electrons. The third-order valence-electron chi connectivity index (χ3n) is 2.37. The number of piperazine rings is 1. The van der Waals surface area contributed by atoms with Gasteiger partial charge in [-0.15, -0.1) is 0 Å². The molecule has 0 atom stereocenters. The first-order valence-electron chi connectivity index (χ1n) is 5.00. The highest BCUT2D eigenvalue weighted by molar-refractivity contribution is 4.65. The number of hydrazine groups is 1. The lowest BCUT2D eigenvalue weighted by atomic mass is 10.3. The molecule has 0 radical (unpaired) electrons. The summed E-state index contributed by atoms with van der Waals surface area (Å²) < 4.78 is 0. The van der Waals surface area contributed by atoms with Gasteiger partial charge in [0.05, 0.1) is 0 Å². The fourth-order valence-electron chi connectivity index (χ4n) is 1.38. The fraction of sp³-hybridized carbons (Fsp3) is 1.00. The molecular weight excluding hydrogens is 150 g/mol. The monoisotopic (exact) mass is 171 g/mol. The first-order chi connectivity index (χ1) is 5.83. The number of hydrogen-bond acceptors (Lipinski definition) is 3. The summed E-state index contributed by atoms with van der Waals surface area (Å²) in [6.07, 6.45) is 2.56. The lowest BCUT2D eigenvalue weighted by Crippen LogP contribution is -2.50. The number of rotatable bonds is 4. The maximum atomic E-state index is 3.45. The Kier molecular flexibility index (Phi) is 4.58. The quantitative estimate of drug-likeness (QED) is 0.623. The van der Waals surface area contributed by atoms with Gasteiger partial charge in [-0.1, -0.05) is 13.3 Å². The highest BCUT2D eigenvalue weighted by atomic mass is 15.5. The summed E-state index contributed by atoms with van der Waals surface area (Å²) in [5.41, 5.74) is 3.45. The van der Waals surface area contributed by atoms with Gasteiger partial charge >= 0.3 is 0 Å². The Bertz CT molecular complexity index is 108. The number of hydrogen-bond donors (Lipinski definition) is 1. The molecule has 12 heavy (non-hydrogen) atoms. The van der Waals surface area contributed by atoms with Gasteiger partial charge in [-0.05, 0) is 13.5 Å². The molecule has 0 amide bonds. The predicted octanol–water partition coefficient (Wildman–Crippen LogP) is 0.539. The second-order valence-electron chi connectivity index (χ2n) is 3.55. The van der Waals surface area contributed by atoms with Crippen LogP contribution >= 0.6 is 0 Å². The van der Waals surface area contributed by atoms with Gasteiger partial charge in [0, 0.05) is 32.7 Å². The highest BCUT2D eigenvalue weighted by Gasteiger charge is 2.11. The van der Waals surface area contributed by atoms with E-state index in [1.165, 1.54) is 39.0 Å². The van der Waals surface area contributed by atoms with E-state index >= 15 is 0 Å². The Labute approximate surface area is 75.7 Å². The molecule has 3 nitrogen and oxygen atoms in total. The average Bonchev–Trinajstić information content (AvgIpc) is 2.09. The van der Waals surface area contributed by atoms with Gasteiger partial charge in [0.25, 0.3) is 0 Å². The smallest absolute Gasteiger partial charge is 0.0259 e. The highest BCUT2D eigenvalue weighted by Crippen LogP contribution is 1.95. The van der Waals surface area contributed by atoms with Crippen molar-refractivity contribution in [1.82, 2.24) is 15.3 Å². The SMILES string of the molecule is CCCCNN1CCN(C)CC1. The molecule has 1 rings (SSSR count). The molecule has 0 aliphatic carbocycles. The Morgan fingerprint density at radius 1 is 1.17 bits per heavy atom. The summed E-state index contributed by atoms with van der Waals surface area (Å²) >= 11 is 0. The van der Waals surface area contributed by atoms with Crippen LogP contribution in [0.1, 0.15) is 19.8 Å². The minimum absolute atomic E-state index is 1.14. The average molecular weight is 171 g/mol. The van der Waals surface area contributed by atoms with Crippen molar-refractivity contribution in [3.63, 3.8) is 0 Å². The van der Waals surface area contributed by atoms with Gasteiger partial charge in [0.2, 0.25) is 0 Å². The number of unbranched alkanes of at least 4 members (excludes halogenated alkanes) is 1. The van der Waals surface area contributed by atoms with Crippen molar-refractivity contribution < 1.29 is 0 Å². The first-order valence-corrected chi connectivity index (χ1v) is 5.00. The van der Waals surface area contributed by atoms with Gasteiger partial charge in [0.1, 0.15) is 0 Å². The van der Waals surface area contributed by atoms with Crippen LogP contribution in [0.15, 0.2) is 0 Å². The van der Waals surface area contributed by atoms with Crippen LogP contribution in [-0.2, 0) is 0 Å². The third-order valence-corrected chi connectivity index (χ3v) is 2.37. The lowest BCUT2D eigenvalue weighted by molar-refractivity contribution is 0.104. The standard InChI is InChI=1S/C9H21N3/c1-3-4-5-10-12-8-6-11(2)7-9-12/h10H,3-9H2,1-2H3. The van der Waals surface area contributed by atoms with Crippen LogP contribution in [0, 0.1) is 0 Å². The molecule has 0 saturated carbocycles. The van der Waals surface area contributed by atoms with Crippen molar-refractivity contribution in [3.8, 4) is 0 Å². The molecule has 1 fully saturated rings. The van der Waals surface area contributed by atoms with Crippen LogP contribution in [0.25, 0.3) is 0 Å². The molecule has 1 heterocycles. The molecule has 1 N–H and O–H groups in total. The van der Waals surface area contributed by atoms with Crippen molar-refractivity contribution in [1.29, 1.82) is 0 Å². The summed E-state index contributed by atoms with van der Waals surface area (Å²) in [5.74, 6) is 0. The second kappa shape index (κ2) is 5.51. The minimum Gasteiger partial charge on any atom is -0.304 e. The van der Waals surface area contributed by atoms with Crippen molar-refractivity contribution in [3.05, 3.63) is 0 Å². The van der Waals surface area contributed by atoms with Gasteiger partial charge < -0.3 is 4.90 Å². The Hall–Kier alpha value is -0.120. The largest absolute Gasteiger partial charge is 0.304 e. The van der Waals surface area contributed by atoms with E-state index in [4.69, 9.17) is 0 Å². The van der Waals surface area contributed by atoms with Crippen LogP contribution in [-0.4, -0.2) is 49.7 Å². The summed E-state index contributed by atoms with van der Waals surface area (Å²) in [5, 5.41) is 2.34. The van der Waals surface area contributed by atoms with Crippen LogP contribution in [0.4, 0.5) is 0 Å². The molecule has 1 aliphatic rings. The molecule has 0 aromatic carbocycles. The van der Waals surface area contributed by atoms with E-state index < -0.39 is 0 Å². The topological polar surface area (TPSA) is 18.5 Å². The Morgan fingerprint density at radius 3 is 2.42 bits per heavy atom. The molecule has 0 bridgehead atoms. The zero-order valence-electron chi connectivity index (χ0n) is 8.34. The number of likely N-dealkylation sites (N-methyl/N-ethyl adjacent to an activating group) is 1. The van der Waals surface area contributed by atoms with E-state index in [1.807, 2.05) is 0 Å². The van der Waals surface area contributed by atoms with E-state index in [0.29, 0.717) is 0 Å². The molecule has 3 heteroatoms. The number of nitrogens with one attached hydrogen (secondary N) is 1. The van der Waals surface area contributed by atoms with Crippen molar-refractivity contribution >= 4 is 0 Å². The fourth-order valence-corrected chi connectivity index (χ4v) is 1.38. The van der Waals surface area contributed by atoms with Gasteiger partial charge in [0.15, 0.2) is 0 Å². The molecule has 0 spiro atoms. The minimum atomic E-state index is 1.14. The summed E-state index contributed by atoms with van der Waals surface area (Å²) in [4.78, 5) is 2.37. The molecule has 1 aliphatic heterocycles. The summed E-state index contributed by atoms with van der Waals surface area (Å²) in [6.45, 7) is 8.09. The van der Waals surface area contributed by atoms with Crippen LogP contribution < -0.4 is 5.43 Å². The molecule has 1 saturated heterocycles. The van der Waals surface area contributed by atoms with Crippen molar-refractivity contribution in [2.24, 2.45) is 0 Å². The molecule has 0 aromatic rings. The maximum Gasteiger partial charge on any atom is 0.0259 e. The molecular formula is C9H21N3. The lowest BCUT2D eigenvalue weighted by Gasteiger charge is -2.32. The third kappa shape index (κ3) is 3.52. The Morgan fingerprint density at radius 2 is 1.83 bits per heavy atom. The molecule has 0 aromatic heterocycles. The van der Waals surface area contributed by atoms with E-state index in [2.05, 4.69) is 29.3 Å². The van der Waals surface area contributed by atoms with Gasteiger partial charge in [-0.25, -0.2) is 5.01 Å². The van der Waals surface area contributed by atoms with Crippen LogP contribution in [0.5, 0.6) is 0 Å². The zero-order valence-corrected chi connectivity index (χ0v) is 8.34.